The first-order valence-corrected chi connectivity index (χ1v) is 9.08. The van der Waals surface area contributed by atoms with Gasteiger partial charge in [0.15, 0.2) is 0 Å². The second-order valence-corrected chi connectivity index (χ2v) is 5.84. The molecule has 2 aromatic rings. The Kier molecular flexibility index (Phi) is 11.8. The molecule has 0 fully saturated rings. The van der Waals surface area contributed by atoms with Gasteiger partial charge in [-0.05, 0) is 61.0 Å². The van der Waals surface area contributed by atoms with Crippen LogP contribution in [-0.4, -0.2) is 6.72 Å². The van der Waals surface area contributed by atoms with Gasteiger partial charge in [-0.25, -0.2) is 0 Å². The number of nitrogens with one attached hydrogen (secondary N) is 2. The van der Waals surface area contributed by atoms with Crippen LogP contribution >= 0.6 is 0 Å². The van der Waals surface area contributed by atoms with Gasteiger partial charge in [0.1, 0.15) is 0 Å². The van der Waals surface area contributed by atoms with Crippen molar-refractivity contribution >= 4 is 12.4 Å². The lowest BCUT2D eigenvalue weighted by molar-refractivity contribution is 0.867. The molecule has 0 radical (unpaired) electrons. The lowest BCUT2D eigenvalue weighted by atomic mass is 9.99. The molecule has 0 aliphatic rings. The third-order valence-corrected chi connectivity index (χ3v) is 3.84. The largest absolute Gasteiger partial charge is 0.362 e. The van der Waals surface area contributed by atoms with Crippen LogP contribution in [0.15, 0.2) is 60.3 Å². The molecule has 0 heterocycles. The first-order valence-electron chi connectivity index (χ1n) is 9.08. The summed E-state index contributed by atoms with van der Waals surface area (Å²) in [6.07, 6.45) is 3.15. The van der Waals surface area contributed by atoms with E-state index in [2.05, 4.69) is 94.5 Å². The zero-order chi connectivity index (χ0) is 19.2. The van der Waals surface area contributed by atoms with E-state index in [0.717, 1.165) is 12.1 Å². The van der Waals surface area contributed by atoms with Gasteiger partial charge < -0.3 is 10.7 Å². The summed E-state index contributed by atoms with van der Waals surface area (Å²) in [4.78, 5) is 0. The molecule has 0 aromatic heterocycles. The highest BCUT2D eigenvalue weighted by molar-refractivity contribution is 5.66. The van der Waals surface area contributed by atoms with Crippen LogP contribution in [0.4, 0.5) is 5.69 Å². The van der Waals surface area contributed by atoms with E-state index in [4.69, 9.17) is 5.41 Å². The predicted octanol–water partition coefficient (Wildman–Crippen LogP) is 7.49. The highest BCUT2D eigenvalue weighted by Crippen LogP contribution is 2.24. The smallest absolute Gasteiger partial charge is 0.0380 e. The summed E-state index contributed by atoms with van der Waals surface area (Å²) < 4.78 is 0. The summed E-state index contributed by atoms with van der Waals surface area (Å²) >= 11 is 0. The van der Waals surface area contributed by atoms with Crippen molar-refractivity contribution < 1.29 is 0 Å². The summed E-state index contributed by atoms with van der Waals surface area (Å²) in [5, 5.41) is 8.84. The second-order valence-electron chi connectivity index (χ2n) is 5.84. The van der Waals surface area contributed by atoms with Crippen molar-refractivity contribution in [1.82, 2.24) is 0 Å². The minimum atomic E-state index is 0.583. The van der Waals surface area contributed by atoms with Crippen LogP contribution in [0.5, 0.6) is 0 Å². The Labute approximate surface area is 154 Å². The number of rotatable bonds is 5. The molecule has 2 aromatic carbocycles. The van der Waals surface area contributed by atoms with Gasteiger partial charge in [0.05, 0.1) is 0 Å². The van der Waals surface area contributed by atoms with Gasteiger partial charge in [-0.2, -0.15) is 0 Å². The molecule has 136 valence electrons. The lowest BCUT2D eigenvalue weighted by Crippen LogP contribution is -1.90. The fraction of sp³-hybridized carbons (Fsp3) is 0.348. The maximum atomic E-state index is 5.50. The van der Waals surface area contributed by atoms with E-state index in [1.165, 1.54) is 22.3 Å². The first-order chi connectivity index (χ1) is 12.1. The third-order valence-electron chi connectivity index (χ3n) is 3.84. The SMILES string of the molecule is C=N.CC.CC/C(C)=C\Nc1ccc(-c2ccc(C(C)C)cc2)cc1. The van der Waals surface area contributed by atoms with Gasteiger partial charge in [0.25, 0.3) is 0 Å². The van der Waals surface area contributed by atoms with E-state index < -0.39 is 0 Å². The topological polar surface area (TPSA) is 35.9 Å². The zero-order valence-corrected chi connectivity index (χ0v) is 16.7. The van der Waals surface area contributed by atoms with Crippen LogP contribution in [0, 0.1) is 5.41 Å². The Hall–Kier alpha value is -2.35. The molecule has 0 bridgehead atoms. The quantitative estimate of drug-likeness (QED) is 0.544. The normalized spacial score (nSPS) is 10.3. The standard InChI is InChI=1S/C20H25N.C2H6.CH3N/c1-5-16(4)14-21-20-12-10-19(11-13-20)18-8-6-17(7-9-18)15(2)3;2*1-2/h6-15,21H,5H2,1-4H3;1-2H3;2H,1H2/b16-14-;;. The van der Waals surface area contributed by atoms with Crippen molar-refractivity contribution in [2.45, 2.75) is 53.9 Å². The molecule has 0 spiro atoms. The number of hydrogen-bond donors (Lipinski definition) is 2. The second kappa shape index (κ2) is 13.0. The number of hydrogen-bond acceptors (Lipinski definition) is 2. The molecule has 0 saturated heterocycles. The monoisotopic (exact) mass is 338 g/mol. The van der Waals surface area contributed by atoms with Crippen LogP contribution in [0.1, 0.15) is 59.4 Å². The highest BCUT2D eigenvalue weighted by Gasteiger charge is 2.01. The van der Waals surface area contributed by atoms with Crippen LogP contribution < -0.4 is 5.32 Å². The summed E-state index contributed by atoms with van der Waals surface area (Å²) in [7, 11) is 0. The van der Waals surface area contributed by atoms with Gasteiger partial charge in [-0.1, -0.05) is 76.6 Å². The Morgan fingerprint density at radius 3 is 1.80 bits per heavy atom. The van der Waals surface area contributed by atoms with Crippen LogP contribution in [0.25, 0.3) is 11.1 Å². The van der Waals surface area contributed by atoms with Gasteiger partial charge in [-0.15, -0.1) is 0 Å². The van der Waals surface area contributed by atoms with Crippen LogP contribution in [0.2, 0.25) is 0 Å². The summed E-state index contributed by atoms with van der Waals surface area (Å²) in [6, 6.07) is 17.5. The molecule has 2 N–H and O–H groups in total. The molecule has 0 saturated carbocycles. The van der Waals surface area contributed by atoms with E-state index in [1.807, 2.05) is 13.8 Å². The van der Waals surface area contributed by atoms with Crippen molar-refractivity contribution in [3.8, 4) is 11.1 Å². The molecular weight excluding hydrogens is 304 g/mol. The van der Waals surface area contributed by atoms with Crippen molar-refractivity contribution in [2.24, 2.45) is 0 Å². The van der Waals surface area contributed by atoms with E-state index in [-0.39, 0.29) is 0 Å². The van der Waals surface area contributed by atoms with Crippen molar-refractivity contribution in [2.75, 3.05) is 5.32 Å². The molecule has 0 aliphatic heterocycles. The Balaban J connectivity index is 0.00000134. The molecule has 2 nitrogen and oxygen atoms in total. The minimum Gasteiger partial charge on any atom is -0.362 e. The van der Waals surface area contributed by atoms with E-state index in [0.29, 0.717) is 5.92 Å². The summed E-state index contributed by atoms with van der Waals surface area (Å²) in [5.41, 5.74) is 6.39. The molecular formula is C23H34N2. The molecule has 0 amide bonds. The minimum absolute atomic E-state index is 0.583. The fourth-order valence-corrected chi connectivity index (χ4v) is 2.13. The number of benzene rings is 2. The molecule has 25 heavy (non-hydrogen) atoms. The van der Waals surface area contributed by atoms with E-state index in [9.17, 15) is 0 Å². The number of anilines is 1. The fourth-order valence-electron chi connectivity index (χ4n) is 2.13. The third kappa shape index (κ3) is 7.84. The lowest BCUT2D eigenvalue weighted by Gasteiger charge is -2.08. The predicted molar refractivity (Wildman–Crippen MR) is 115 cm³/mol. The highest BCUT2D eigenvalue weighted by atomic mass is 14.8. The van der Waals surface area contributed by atoms with Crippen LogP contribution in [-0.2, 0) is 0 Å². The van der Waals surface area contributed by atoms with Crippen molar-refractivity contribution in [3.63, 3.8) is 0 Å². The average molecular weight is 339 g/mol. The Morgan fingerprint density at radius 2 is 1.40 bits per heavy atom. The summed E-state index contributed by atoms with van der Waals surface area (Å²) in [6.45, 7) is 15.2. The average Bonchev–Trinajstić information content (AvgIpc) is 2.69. The van der Waals surface area contributed by atoms with E-state index in [1.54, 1.807) is 0 Å². The molecule has 2 heteroatoms. The van der Waals surface area contributed by atoms with Crippen molar-refractivity contribution in [3.05, 3.63) is 65.9 Å². The van der Waals surface area contributed by atoms with Gasteiger partial charge in [0, 0.05) is 5.69 Å². The molecule has 0 unspecified atom stereocenters. The Morgan fingerprint density at radius 1 is 0.960 bits per heavy atom. The first kappa shape index (κ1) is 22.7. The van der Waals surface area contributed by atoms with Gasteiger partial charge in [-0.3, -0.25) is 0 Å². The van der Waals surface area contributed by atoms with Gasteiger partial charge >= 0.3 is 0 Å². The molecule has 0 atom stereocenters. The molecule has 0 aliphatic carbocycles. The summed E-state index contributed by atoms with van der Waals surface area (Å²) in [5.74, 6) is 0.583. The number of allylic oxidation sites excluding steroid dienone is 1. The Bertz CT molecular complexity index is 608. The zero-order valence-electron chi connectivity index (χ0n) is 16.7. The maximum absolute atomic E-state index is 5.50. The van der Waals surface area contributed by atoms with Crippen LogP contribution in [0.3, 0.4) is 0 Å². The van der Waals surface area contributed by atoms with Gasteiger partial charge in [0.2, 0.25) is 0 Å². The van der Waals surface area contributed by atoms with E-state index >= 15 is 0 Å². The van der Waals surface area contributed by atoms with Crippen molar-refractivity contribution in [1.29, 1.82) is 5.41 Å². The maximum Gasteiger partial charge on any atom is 0.0380 e. The molecule has 2 rings (SSSR count).